The highest BCUT2D eigenvalue weighted by Crippen LogP contribution is 2.36. The topological polar surface area (TPSA) is 35.2 Å². The molecule has 1 fully saturated rings. The monoisotopic (exact) mass is 283 g/mol. The molecule has 0 spiro atoms. The average molecular weight is 284 g/mol. The molecule has 1 aliphatic rings. The lowest BCUT2D eigenvalue weighted by molar-refractivity contribution is 0.411. The van der Waals surface area contributed by atoms with Crippen molar-refractivity contribution in [2.45, 2.75) is 31.7 Å². The summed E-state index contributed by atoms with van der Waals surface area (Å²) in [7, 11) is 1.67. The first-order valence-electron chi connectivity index (χ1n) is 5.79. The summed E-state index contributed by atoms with van der Waals surface area (Å²) >= 11 is 3.49. The number of ether oxygens (including phenoxy) is 1. The maximum Gasteiger partial charge on any atom is 0.133 e. The van der Waals surface area contributed by atoms with Gasteiger partial charge in [0.15, 0.2) is 0 Å². The first-order chi connectivity index (χ1) is 7.70. The Morgan fingerprint density at radius 2 is 2.25 bits per heavy atom. The smallest absolute Gasteiger partial charge is 0.133 e. The number of hydrogen-bond donors (Lipinski definition) is 1. The van der Waals surface area contributed by atoms with Gasteiger partial charge in [0.1, 0.15) is 5.75 Å². The molecule has 1 unspecified atom stereocenters. The predicted molar refractivity (Wildman–Crippen MR) is 69.6 cm³/mol. The molecule has 0 saturated heterocycles. The van der Waals surface area contributed by atoms with Crippen LogP contribution in [0.4, 0.5) is 0 Å². The summed E-state index contributed by atoms with van der Waals surface area (Å²) in [5.74, 6) is 1.81. The van der Waals surface area contributed by atoms with E-state index in [9.17, 15) is 0 Å². The van der Waals surface area contributed by atoms with Crippen molar-refractivity contribution >= 4 is 15.9 Å². The highest BCUT2D eigenvalue weighted by atomic mass is 79.9. The molecule has 1 aromatic carbocycles. The second kappa shape index (κ2) is 5.19. The molecule has 0 aromatic heterocycles. The number of hydrogen-bond acceptors (Lipinski definition) is 2. The van der Waals surface area contributed by atoms with Gasteiger partial charge in [-0.25, -0.2) is 0 Å². The number of benzene rings is 1. The molecule has 2 N–H and O–H groups in total. The SMILES string of the molecule is COc1ccc(C(N)CCC2CC2)cc1Br. The van der Waals surface area contributed by atoms with Crippen LogP contribution in [0.2, 0.25) is 0 Å². The van der Waals surface area contributed by atoms with Crippen LogP contribution >= 0.6 is 15.9 Å². The third kappa shape index (κ3) is 2.98. The van der Waals surface area contributed by atoms with Crippen molar-refractivity contribution in [1.29, 1.82) is 0 Å². The molecule has 1 saturated carbocycles. The van der Waals surface area contributed by atoms with Gasteiger partial charge in [-0.1, -0.05) is 18.9 Å². The molecular weight excluding hydrogens is 266 g/mol. The second-order valence-electron chi connectivity index (χ2n) is 4.52. The van der Waals surface area contributed by atoms with Crippen molar-refractivity contribution in [3.05, 3.63) is 28.2 Å². The summed E-state index contributed by atoms with van der Waals surface area (Å²) in [6.45, 7) is 0. The van der Waals surface area contributed by atoms with Crippen LogP contribution in [0.5, 0.6) is 5.75 Å². The lowest BCUT2D eigenvalue weighted by Crippen LogP contribution is -2.10. The largest absolute Gasteiger partial charge is 0.496 e. The first kappa shape index (κ1) is 11.9. The van der Waals surface area contributed by atoms with Crippen molar-refractivity contribution in [2.24, 2.45) is 11.7 Å². The van der Waals surface area contributed by atoms with Crippen LogP contribution in [0, 0.1) is 5.92 Å². The zero-order valence-electron chi connectivity index (χ0n) is 9.58. The van der Waals surface area contributed by atoms with Crippen LogP contribution < -0.4 is 10.5 Å². The maximum absolute atomic E-state index is 6.17. The molecular formula is C13H18BrNO. The van der Waals surface area contributed by atoms with E-state index in [1.165, 1.54) is 24.8 Å². The first-order valence-corrected chi connectivity index (χ1v) is 6.59. The molecule has 3 heteroatoms. The van der Waals surface area contributed by atoms with E-state index >= 15 is 0 Å². The maximum atomic E-state index is 6.17. The zero-order chi connectivity index (χ0) is 11.5. The summed E-state index contributed by atoms with van der Waals surface area (Å²) in [5, 5.41) is 0. The number of halogens is 1. The number of methoxy groups -OCH3 is 1. The third-order valence-electron chi connectivity index (χ3n) is 3.19. The van der Waals surface area contributed by atoms with Gasteiger partial charge >= 0.3 is 0 Å². The van der Waals surface area contributed by atoms with Gasteiger partial charge in [0, 0.05) is 6.04 Å². The Balaban J connectivity index is 1.98. The van der Waals surface area contributed by atoms with E-state index in [-0.39, 0.29) is 6.04 Å². The summed E-state index contributed by atoms with van der Waals surface area (Å²) < 4.78 is 6.18. The molecule has 2 nitrogen and oxygen atoms in total. The predicted octanol–water partition coefficient (Wildman–Crippen LogP) is 3.65. The Bertz CT molecular complexity index is 363. The van der Waals surface area contributed by atoms with E-state index < -0.39 is 0 Å². The Hall–Kier alpha value is -0.540. The molecule has 16 heavy (non-hydrogen) atoms. The lowest BCUT2D eigenvalue weighted by atomic mass is 10.0. The normalized spacial score (nSPS) is 17.2. The summed E-state index contributed by atoms with van der Waals surface area (Å²) in [5.41, 5.74) is 7.36. The molecule has 0 aliphatic heterocycles. The van der Waals surface area contributed by atoms with Gasteiger partial charge in [-0.15, -0.1) is 0 Å². The summed E-state index contributed by atoms with van der Waals surface area (Å²) in [6, 6.07) is 6.25. The molecule has 0 radical (unpaired) electrons. The van der Waals surface area contributed by atoms with Crippen molar-refractivity contribution < 1.29 is 4.74 Å². The number of nitrogens with two attached hydrogens (primary N) is 1. The molecule has 0 amide bonds. The fraction of sp³-hybridized carbons (Fsp3) is 0.538. The molecule has 0 bridgehead atoms. The van der Waals surface area contributed by atoms with E-state index in [1.807, 2.05) is 6.07 Å². The van der Waals surface area contributed by atoms with Gasteiger partial charge in [-0.3, -0.25) is 0 Å². The highest BCUT2D eigenvalue weighted by Gasteiger charge is 2.22. The number of rotatable bonds is 5. The van der Waals surface area contributed by atoms with Gasteiger partial charge in [0.05, 0.1) is 11.6 Å². The van der Waals surface area contributed by atoms with E-state index in [4.69, 9.17) is 10.5 Å². The molecule has 1 atom stereocenters. The van der Waals surface area contributed by atoms with Crippen LogP contribution in [0.15, 0.2) is 22.7 Å². The Kier molecular flexibility index (Phi) is 3.87. The van der Waals surface area contributed by atoms with Crippen molar-refractivity contribution in [2.75, 3.05) is 7.11 Å². The molecule has 1 aliphatic carbocycles. The quantitative estimate of drug-likeness (QED) is 0.895. The summed E-state index contributed by atoms with van der Waals surface area (Å²) in [6.07, 6.45) is 5.16. The third-order valence-corrected chi connectivity index (χ3v) is 3.81. The van der Waals surface area contributed by atoms with E-state index in [2.05, 4.69) is 28.1 Å². The fourth-order valence-corrected chi connectivity index (χ4v) is 2.46. The van der Waals surface area contributed by atoms with E-state index in [0.717, 1.165) is 22.6 Å². The van der Waals surface area contributed by atoms with Crippen LogP contribution in [0.25, 0.3) is 0 Å². The minimum atomic E-state index is 0.155. The van der Waals surface area contributed by atoms with Crippen LogP contribution in [-0.4, -0.2) is 7.11 Å². The lowest BCUT2D eigenvalue weighted by Gasteiger charge is -2.13. The van der Waals surface area contributed by atoms with E-state index in [0.29, 0.717) is 0 Å². The minimum absolute atomic E-state index is 0.155. The van der Waals surface area contributed by atoms with Crippen LogP contribution in [0.1, 0.15) is 37.3 Å². The van der Waals surface area contributed by atoms with Crippen molar-refractivity contribution in [3.8, 4) is 5.75 Å². The van der Waals surface area contributed by atoms with Crippen LogP contribution in [0.3, 0.4) is 0 Å². The van der Waals surface area contributed by atoms with E-state index in [1.54, 1.807) is 7.11 Å². The van der Waals surface area contributed by atoms with Crippen molar-refractivity contribution in [1.82, 2.24) is 0 Å². The standard InChI is InChI=1S/C13H18BrNO/c1-16-13-7-5-10(8-11(13)14)12(15)6-4-9-2-3-9/h5,7-9,12H,2-4,6,15H2,1H3. The Morgan fingerprint density at radius 1 is 1.50 bits per heavy atom. The zero-order valence-corrected chi connectivity index (χ0v) is 11.2. The molecule has 2 rings (SSSR count). The summed E-state index contributed by atoms with van der Waals surface area (Å²) in [4.78, 5) is 0. The fourth-order valence-electron chi connectivity index (χ4n) is 1.90. The Morgan fingerprint density at radius 3 is 2.81 bits per heavy atom. The average Bonchev–Trinajstić information content (AvgIpc) is 3.09. The Labute approximate surface area is 105 Å². The van der Waals surface area contributed by atoms with Gasteiger partial charge in [-0.2, -0.15) is 0 Å². The minimum Gasteiger partial charge on any atom is -0.496 e. The molecule has 0 heterocycles. The van der Waals surface area contributed by atoms with Gasteiger partial charge < -0.3 is 10.5 Å². The van der Waals surface area contributed by atoms with Crippen LogP contribution in [-0.2, 0) is 0 Å². The molecule has 1 aromatic rings. The highest BCUT2D eigenvalue weighted by molar-refractivity contribution is 9.10. The molecule has 88 valence electrons. The van der Waals surface area contributed by atoms with Crippen molar-refractivity contribution in [3.63, 3.8) is 0 Å². The van der Waals surface area contributed by atoms with Gasteiger partial charge in [0.25, 0.3) is 0 Å². The second-order valence-corrected chi connectivity index (χ2v) is 5.38. The van der Waals surface area contributed by atoms with Gasteiger partial charge in [0.2, 0.25) is 0 Å². The van der Waals surface area contributed by atoms with Gasteiger partial charge in [-0.05, 0) is 52.4 Å².